The third kappa shape index (κ3) is 1.48. The van der Waals surface area contributed by atoms with E-state index < -0.39 is 12.0 Å². The molecule has 1 fully saturated rings. The van der Waals surface area contributed by atoms with E-state index in [0.717, 1.165) is 0 Å². The van der Waals surface area contributed by atoms with Crippen LogP contribution in [0.1, 0.15) is 6.92 Å². The molecule has 0 unspecified atom stereocenters. The van der Waals surface area contributed by atoms with Crippen LogP contribution in [0.3, 0.4) is 0 Å². The van der Waals surface area contributed by atoms with Gasteiger partial charge in [-0.2, -0.15) is 0 Å². The first-order valence-electron chi connectivity index (χ1n) is 3.20. The second kappa shape index (κ2) is 2.87. The van der Waals surface area contributed by atoms with Crippen LogP contribution >= 0.6 is 0 Å². The van der Waals surface area contributed by atoms with Gasteiger partial charge < -0.3 is 14.7 Å². The Labute approximate surface area is 63.5 Å². The Morgan fingerprint density at radius 3 is 2.64 bits per heavy atom. The molecule has 0 radical (unpaired) electrons. The second-order valence-electron chi connectivity index (χ2n) is 2.34. The summed E-state index contributed by atoms with van der Waals surface area (Å²) in [6, 6.07) is -0.799. The molecule has 11 heavy (non-hydrogen) atoms. The van der Waals surface area contributed by atoms with Crippen molar-refractivity contribution in [3.63, 3.8) is 0 Å². The molecule has 0 aromatic rings. The van der Waals surface area contributed by atoms with Gasteiger partial charge in [0.05, 0.1) is 6.61 Å². The van der Waals surface area contributed by atoms with Gasteiger partial charge in [0.2, 0.25) is 5.91 Å². The maximum absolute atomic E-state index is 10.7. The minimum Gasteiger partial charge on any atom is -0.480 e. The first-order valence-corrected chi connectivity index (χ1v) is 3.20. The van der Waals surface area contributed by atoms with E-state index in [1.807, 2.05) is 0 Å². The number of ether oxygens (including phenoxy) is 1. The van der Waals surface area contributed by atoms with Gasteiger partial charge in [-0.25, -0.2) is 4.79 Å². The van der Waals surface area contributed by atoms with E-state index in [1.165, 1.54) is 11.8 Å². The normalized spacial score (nSPS) is 23.7. The summed E-state index contributed by atoms with van der Waals surface area (Å²) in [5.74, 6) is -1.28. The number of carbonyl (C=O) groups excluding carboxylic acids is 1. The van der Waals surface area contributed by atoms with Gasteiger partial charge in [-0.3, -0.25) is 4.79 Å². The molecular weight excluding hydrogens is 150 g/mol. The molecule has 1 rings (SSSR count). The van der Waals surface area contributed by atoms with Gasteiger partial charge in [0, 0.05) is 6.92 Å². The third-order valence-electron chi connectivity index (χ3n) is 1.57. The summed E-state index contributed by atoms with van der Waals surface area (Å²) >= 11 is 0. The lowest BCUT2D eigenvalue weighted by atomic mass is 10.3. The largest absolute Gasteiger partial charge is 0.480 e. The average molecular weight is 159 g/mol. The fraction of sp³-hybridized carbons (Fsp3) is 0.667. The van der Waals surface area contributed by atoms with Crippen molar-refractivity contribution in [2.45, 2.75) is 13.0 Å². The predicted molar refractivity (Wildman–Crippen MR) is 34.8 cm³/mol. The first-order chi connectivity index (χ1) is 5.13. The van der Waals surface area contributed by atoms with Crippen molar-refractivity contribution in [3.05, 3.63) is 0 Å². The van der Waals surface area contributed by atoms with E-state index >= 15 is 0 Å². The number of carboxylic acid groups (broad SMARTS) is 1. The summed E-state index contributed by atoms with van der Waals surface area (Å²) in [6.07, 6.45) is 0. The van der Waals surface area contributed by atoms with Gasteiger partial charge in [-0.1, -0.05) is 0 Å². The molecule has 5 nitrogen and oxygen atoms in total. The van der Waals surface area contributed by atoms with Crippen LogP contribution in [0.2, 0.25) is 0 Å². The minimum absolute atomic E-state index is 0.0896. The van der Waals surface area contributed by atoms with Crippen molar-refractivity contribution in [2.24, 2.45) is 0 Å². The Bertz CT molecular complexity index is 171. The number of carbonyl (C=O) groups is 2. The predicted octanol–water partition coefficient (Wildman–Crippen LogP) is -0.724. The molecule has 1 heterocycles. The second-order valence-corrected chi connectivity index (χ2v) is 2.34. The zero-order valence-electron chi connectivity index (χ0n) is 6.11. The highest BCUT2D eigenvalue weighted by Crippen LogP contribution is 2.09. The lowest BCUT2D eigenvalue weighted by Gasteiger charge is -2.16. The number of nitrogens with zero attached hydrogens (tertiary/aromatic N) is 1. The highest BCUT2D eigenvalue weighted by molar-refractivity contribution is 5.82. The van der Waals surface area contributed by atoms with Crippen LogP contribution in [0.25, 0.3) is 0 Å². The highest BCUT2D eigenvalue weighted by Gasteiger charge is 2.32. The zero-order valence-corrected chi connectivity index (χ0v) is 6.11. The van der Waals surface area contributed by atoms with Crippen LogP contribution in [0.4, 0.5) is 0 Å². The van der Waals surface area contributed by atoms with E-state index in [0.29, 0.717) is 0 Å². The van der Waals surface area contributed by atoms with Gasteiger partial charge in [0.1, 0.15) is 6.73 Å². The summed E-state index contributed by atoms with van der Waals surface area (Å²) in [4.78, 5) is 22.4. The van der Waals surface area contributed by atoms with Crippen LogP contribution in [0, 0.1) is 0 Å². The zero-order chi connectivity index (χ0) is 8.43. The van der Waals surface area contributed by atoms with Crippen molar-refractivity contribution >= 4 is 11.9 Å². The average Bonchev–Trinajstić information content (AvgIpc) is 2.32. The van der Waals surface area contributed by atoms with Crippen LogP contribution < -0.4 is 0 Å². The third-order valence-corrected chi connectivity index (χ3v) is 1.57. The first kappa shape index (κ1) is 8.00. The summed E-state index contributed by atoms with van der Waals surface area (Å²) in [7, 11) is 0. The van der Waals surface area contributed by atoms with Crippen LogP contribution in [-0.4, -0.2) is 41.3 Å². The van der Waals surface area contributed by atoms with Crippen molar-refractivity contribution in [2.75, 3.05) is 13.3 Å². The molecule has 1 aliphatic heterocycles. The molecule has 0 aliphatic carbocycles. The van der Waals surface area contributed by atoms with Gasteiger partial charge in [-0.05, 0) is 0 Å². The standard InChI is InChI=1S/C6H9NO4/c1-4(8)7-3-11-2-5(7)6(9)10/h5H,2-3H2,1H3,(H,9,10)/t5-/m1/s1. The molecular formula is C6H9NO4. The highest BCUT2D eigenvalue weighted by atomic mass is 16.5. The molecule has 0 spiro atoms. The van der Waals surface area contributed by atoms with E-state index in [9.17, 15) is 9.59 Å². The smallest absolute Gasteiger partial charge is 0.328 e. The van der Waals surface area contributed by atoms with Crippen LogP contribution in [0.15, 0.2) is 0 Å². The number of hydrogen-bond donors (Lipinski definition) is 1. The molecule has 0 aromatic heterocycles. The number of hydrogen-bond acceptors (Lipinski definition) is 3. The Morgan fingerprint density at radius 2 is 2.27 bits per heavy atom. The minimum atomic E-state index is -1.02. The van der Waals surface area contributed by atoms with E-state index in [4.69, 9.17) is 9.84 Å². The maximum atomic E-state index is 10.7. The van der Waals surface area contributed by atoms with E-state index in [1.54, 1.807) is 0 Å². The lowest BCUT2D eigenvalue weighted by Crippen LogP contribution is -2.40. The maximum Gasteiger partial charge on any atom is 0.328 e. The van der Waals surface area contributed by atoms with Crippen molar-refractivity contribution in [3.8, 4) is 0 Å². The molecule has 0 bridgehead atoms. The lowest BCUT2D eigenvalue weighted by molar-refractivity contribution is -0.147. The van der Waals surface area contributed by atoms with Crippen molar-refractivity contribution in [1.29, 1.82) is 0 Å². The van der Waals surface area contributed by atoms with Gasteiger partial charge >= 0.3 is 5.97 Å². The van der Waals surface area contributed by atoms with Crippen molar-refractivity contribution in [1.82, 2.24) is 4.90 Å². The van der Waals surface area contributed by atoms with E-state index in [2.05, 4.69) is 0 Å². The van der Waals surface area contributed by atoms with Crippen LogP contribution in [0.5, 0.6) is 0 Å². The SMILES string of the molecule is CC(=O)N1COC[C@@H]1C(=O)O. The van der Waals surface area contributed by atoms with E-state index in [-0.39, 0.29) is 19.2 Å². The molecule has 1 saturated heterocycles. The summed E-state index contributed by atoms with van der Waals surface area (Å²) in [5, 5.41) is 8.56. The Hall–Kier alpha value is -1.10. The van der Waals surface area contributed by atoms with Crippen molar-refractivity contribution < 1.29 is 19.4 Å². The molecule has 1 aliphatic rings. The fourth-order valence-electron chi connectivity index (χ4n) is 0.958. The molecule has 1 N–H and O–H groups in total. The molecule has 1 amide bonds. The quantitative estimate of drug-likeness (QED) is 0.548. The van der Waals surface area contributed by atoms with Gasteiger partial charge in [-0.15, -0.1) is 0 Å². The number of rotatable bonds is 1. The molecule has 62 valence electrons. The topological polar surface area (TPSA) is 66.8 Å². The Balaban J connectivity index is 2.65. The number of aliphatic carboxylic acids is 1. The fourth-order valence-corrected chi connectivity index (χ4v) is 0.958. The number of amides is 1. The molecule has 0 saturated carbocycles. The Morgan fingerprint density at radius 1 is 1.64 bits per heavy atom. The van der Waals surface area contributed by atoms with Crippen LogP contribution in [-0.2, 0) is 14.3 Å². The summed E-state index contributed by atoms with van der Waals surface area (Å²) < 4.78 is 4.82. The summed E-state index contributed by atoms with van der Waals surface area (Å²) in [5.41, 5.74) is 0. The van der Waals surface area contributed by atoms with Gasteiger partial charge in [0.15, 0.2) is 6.04 Å². The monoisotopic (exact) mass is 159 g/mol. The molecule has 1 atom stereocenters. The van der Waals surface area contributed by atoms with Gasteiger partial charge in [0.25, 0.3) is 0 Å². The summed E-state index contributed by atoms with van der Waals surface area (Å²) in [6.45, 7) is 1.51. The molecule has 0 aromatic carbocycles. The molecule has 5 heteroatoms. The number of carboxylic acids is 1. The Kier molecular flexibility index (Phi) is 2.09.